The summed E-state index contributed by atoms with van der Waals surface area (Å²) in [6.07, 6.45) is 2.88. The van der Waals surface area contributed by atoms with Crippen LogP contribution in [0.5, 0.6) is 0 Å². The largest absolute Gasteiger partial charge is 0.381 e. The molecular weight excluding hydrogens is 150 g/mol. The van der Waals surface area contributed by atoms with Crippen molar-refractivity contribution in [2.45, 2.75) is 46.6 Å². The number of hydrogen-bond donors (Lipinski definition) is 1. The highest BCUT2D eigenvalue weighted by molar-refractivity contribution is 4.66. The lowest BCUT2D eigenvalue weighted by atomic mass is 10.1. The lowest BCUT2D eigenvalue weighted by Gasteiger charge is -2.20. The summed E-state index contributed by atoms with van der Waals surface area (Å²) in [6, 6.07) is 0. The van der Waals surface area contributed by atoms with Crippen LogP contribution in [0.3, 0.4) is 0 Å². The predicted octanol–water partition coefficient (Wildman–Crippen LogP) is 2.44. The first-order valence-electron chi connectivity index (χ1n) is 5.17. The molecule has 0 aromatic heterocycles. The minimum atomic E-state index is 0.524. The molecule has 1 N–H and O–H groups in total. The molecule has 1 saturated heterocycles. The van der Waals surface area contributed by atoms with E-state index >= 15 is 0 Å². The summed E-state index contributed by atoms with van der Waals surface area (Å²) in [5.74, 6) is 0. The van der Waals surface area contributed by atoms with Crippen LogP contribution >= 0.6 is 0 Å². The van der Waals surface area contributed by atoms with Crippen LogP contribution in [-0.4, -0.2) is 26.3 Å². The third-order valence-corrected chi connectivity index (χ3v) is 1.62. The van der Waals surface area contributed by atoms with E-state index in [1.807, 2.05) is 27.7 Å². The van der Waals surface area contributed by atoms with Gasteiger partial charge in [-0.15, -0.1) is 0 Å². The molecule has 12 heavy (non-hydrogen) atoms. The van der Waals surface area contributed by atoms with Crippen LogP contribution in [0.2, 0.25) is 0 Å². The third-order valence-electron chi connectivity index (χ3n) is 1.62. The second-order valence-electron chi connectivity index (χ2n) is 2.19. The van der Waals surface area contributed by atoms with E-state index in [1.54, 1.807) is 7.11 Å². The minimum absolute atomic E-state index is 0.524. The fraction of sp³-hybridized carbons (Fsp3) is 1.00. The van der Waals surface area contributed by atoms with Crippen molar-refractivity contribution in [1.29, 1.82) is 0 Å². The molecule has 2 heteroatoms. The van der Waals surface area contributed by atoms with Crippen molar-refractivity contribution in [3.05, 3.63) is 0 Å². The number of rotatable bonds is 1. The number of nitrogens with one attached hydrogen (secondary N) is 1. The van der Waals surface area contributed by atoms with Crippen molar-refractivity contribution in [3.8, 4) is 0 Å². The lowest BCUT2D eigenvalue weighted by Crippen LogP contribution is -2.31. The highest BCUT2D eigenvalue weighted by Crippen LogP contribution is 2.04. The smallest absolute Gasteiger partial charge is 0.0595 e. The molecule has 1 rings (SSSR count). The number of piperidine rings is 1. The number of ether oxygens (including phenoxy) is 1. The zero-order valence-corrected chi connectivity index (χ0v) is 9.31. The van der Waals surface area contributed by atoms with Gasteiger partial charge in [0.25, 0.3) is 0 Å². The van der Waals surface area contributed by atoms with E-state index in [9.17, 15) is 0 Å². The fourth-order valence-electron chi connectivity index (χ4n) is 1.03. The van der Waals surface area contributed by atoms with Gasteiger partial charge < -0.3 is 10.1 Å². The second-order valence-corrected chi connectivity index (χ2v) is 2.19. The van der Waals surface area contributed by atoms with Gasteiger partial charge in [0.15, 0.2) is 0 Å². The van der Waals surface area contributed by atoms with Crippen LogP contribution in [0.25, 0.3) is 0 Å². The summed E-state index contributed by atoms with van der Waals surface area (Å²) in [6.45, 7) is 10.2. The topological polar surface area (TPSA) is 21.3 Å². The van der Waals surface area contributed by atoms with E-state index < -0.39 is 0 Å². The predicted molar refractivity (Wildman–Crippen MR) is 55.6 cm³/mol. The summed E-state index contributed by atoms with van der Waals surface area (Å²) in [4.78, 5) is 0. The van der Waals surface area contributed by atoms with Gasteiger partial charge in [-0.25, -0.2) is 0 Å². The van der Waals surface area contributed by atoms with Gasteiger partial charge in [-0.2, -0.15) is 0 Å². The molecule has 76 valence electrons. The van der Waals surface area contributed by atoms with Gasteiger partial charge in [-0.05, 0) is 25.9 Å². The van der Waals surface area contributed by atoms with E-state index in [4.69, 9.17) is 4.74 Å². The van der Waals surface area contributed by atoms with Gasteiger partial charge in [0.2, 0.25) is 0 Å². The van der Waals surface area contributed by atoms with Crippen molar-refractivity contribution in [2.24, 2.45) is 0 Å². The van der Waals surface area contributed by atoms with Crippen LogP contribution in [0.1, 0.15) is 40.5 Å². The lowest BCUT2D eigenvalue weighted by molar-refractivity contribution is 0.0765. The maximum atomic E-state index is 5.15. The Morgan fingerprint density at radius 1 is 1.00 bits per heavy atom. The molecule has 1 fully saturated rings. The Balaban J connectivity index is 0. The highest BCUT2D eigenvalue weighted by atomic mass is 16.5. The number of methoxy groups -OCH3 is 1. The van der Waals surface area contributed by atoms with Crippen molar-refractivity contribution in [3.63, 3.8) is 0 Å². The van der Waals surface area contributed by atoms with E-state index in [-0.39, 0.29) is 0 Å². The first-order chi connectivity index (χ1) is 5.93. The average Bonchev–Trinajstić information content (AvgIpc) is 2.25. The molecule has 1 aliphatic rings. The van der Waals surface area contributed by atoms with Gasteiger partial charge in [-0.3, -0.25) is 0 Å². The molecule has 0 aliphatic carbocycles. The molecular formula is C10H25NO. The van der Waals surface area contributed by atoms with Crippen LogP contribution < -0.4 is 5.32 Å². The highest BCUT2D eigenvalue weighted by Gasteiger charge is 2.09. The third kappa shape index (κ3) is 8.02. The molecule has 0 bridgehead atoms. The Labute approximate surface area is 77.7 Å². The van der Waals surface area contributed by atoms with Crippen molar-refractivity contribution >= 4 is 0 Å². The Kier molecular flexibility index (Phi) is 16.3. The van der Waals surface area contributed by atoms with Gasteiger partial charge in [-0.1, -0.05) is 27.7 Å². The Bertz CT molecular complexity index is 60.9. The first-order valence-corrected chi connectivity index (χ1v) is 5.17. The molecule has 1 aliphatic heterocycles. The summed E-state index contributed by atoms with van der Waals surface area (Å²) in [5, 5.41) is 3.27. The van der Waals surface area contributed by atoms with Crippen LogP contribution in [-0.2, 0) is 4.74 Å². The molecule has 0 spiro atoms. The van der Waals surface area contributed by atoms with Gasteiger partial charge in [0, 0.05) is 7.11 Å². The zero-order chi connectivity index (χ0) is 9.82. The monoisotopic (exact) mass is 175 g/mol. The van der Waals surface area contributed by atoms with Crippen LogP contribution in [0.4, 0.5) is 0 Å². The summed E-state index contributed by atoms with van der Waals surface area (Å²) in [5.41, 5.74) is 0. The average molecular weight is 175 g/mol. The fourth-order valence-corrected chi connectivity index (χ4v) is 1.03. The summed E-state index contributed by atoms with van der Waals surface area (Å²) < 4.78 is 5.15. The molecule has 0 amide bonds. The molecule has 0 radical (unpaired) electrons. The normalized spacial score (nSPS) is 16.8. The summed E-state index contributed by atoms with van der Waals surface area (Å²) in [7, 11) is 1.79. The molecule has 0 atom stereocenters. The quantitative estimate of drug-likeness (QED) is 0.661. The Morgan fingerprint density at radius 2 is 1.42 bits per heavy atom. The minimum Gasteiger partial charge on any atom is -0.381 e. The van der Waals surface area contributed by atoms with Crippen molar-refractivity contribution in [1.82, 2.24) is 5.32 Å². The van der Waals surface area contributed by atoms with E-state index in [0.29, 0.717) is 6.10 Å². The molecule has 0 aromatic rings. The molecule has 1 heterocycles. The molecule has 0 unspecified atom stereocenters. The molecule has 0 saturated carbocycles. The molecule has 2 nitrogen and oxygen atoms in total. The maximum absolute atomic E-state index is 5.15. The van der Waals surface area contributed by atoms with Crippen LogP contribution in [0.15, 0.2) is 0 Å². The van der Waals surface area contributed by atoms with Crippen LogP contribution in [0, 0.1) is 0 Å². The zero-order valence-electron chi connectivity index (χ0n) is 9.31. The van der Waals surface area contributed by atoms with Gasteiger partial charge >= 0.3 is 0 Å². The van der Waals surface area contributed by atoms with Crippen molar-refractivity contribution < 1.29 is 4.74 Å². The van der Waals surface area contributed by atoms with Crippen molar-refractivity contribution in [2.75, 3.05) is 20.2 Å². The van der Waals surface area contributed by atoms with E-state index in [0.717, 1.165) is 13.1 Å². The standard InChI is InChI=1S/C6H13NO.2C2H6/c1-8-6-2-4-7-5-3-6;2*1-2/h6-7H,2-5H2,1H3;2*1-2H3. The SMILES string of the molecule is CC.CC.COC1CCNCC1. The second kappa shape index (κ2) is 13.5. The Hall–Kier alpha value is -0.0800. The van der Waals surface area contributed by atoms with E-state index in [1.165, 1.54) is 12.8 Å². The van der Waals surface area contributed by atoms with E-state index in [2.05, 4.69) is 5.32 Å². The molecule has 0 aromatic carbocycles. The van der Waals surface area contributed by atoms with Gasteiger partial charge in [0.05, 0.1) is 6.10 Å². The van der Waals surface area contributed by atoms with Gasteiger partial charge in [0.1, 0.15) is 0 Å². The first kappa shape index (κ1) is 14.4. The summed E-state index contributed by atoms with van der Waals surface area (Å²) >= 11 is 0. The Morgan fingerprint density at radius 3 is 1.67 bits per heavy atom. The number of hydrogen-bond acceptors (Lipinski definition) is 2. The maximum Gasteiger partial charge on any atom is 0.0595 e.